The average Bonchev–Trinajstić information content (AvgIpc) is 2.92. The average molecular weight is 267 g/mol. The van der Waals surface area contributed by atoms with Crippen molar-refractivity contribution in [3.8, 4) is 0 Å². The molecular weight excluding hydrogens is 256 g/mol. The maximum Gasteiger partial charge on any atom is 0.251 e. The molecule has 1 aromatic carbocycles. The van der Waals surface area contributed by atoms with E-state index < -0.39 is 23.6 Å². The van der Waals surface area contributed by atoms with Crippen LogP contribution in [0.1, 0.15) is 22.0 Å². The SMILES string of the molecule is O=C(NC[C@H](O)c1ccoc1)c1ccc(F)c(F)c1. The van der Waals surface area contributed by atoms with E-state index in [1.54, 1.807) is 6.07 Å². The van der Waals surface area contributed by atoms with Crippen LogP contribution in [-0.4, -0.2) is 17.6 Å². The molecule has 6 heteroatoms. The highest BCUT2D eigenvalue weighted by Crippen LogP contribution is 2.12. The molecule has 1 aromatic heterocycles. The van der Waals surface area contributed by atoms with Crippen molar-refractivity contribution in [1.82, 2.24) is 5.32 Å². The van der Waals surface area contributed by atoms with Crippen molar-refractivity contribution in [3.05, 3.63) is 59.6 Å². The molecule has 0 saturated carbocycles. The number of nitrogens with one attached hydrogen (secondary N) is 1. The molecule has 1 amide bonds. The van der Waals surface area contributed by atoms with Gasteiger partial charge in [-0.25, -0.2) is 8.78 Å². The van der Waals surface area contributed by atoms with Crippen LogP contribution in [0.2, 0.25) is 0 Å². The van der Waals surface area contributed by atoms with E-state index in [0.717, 1.165) is 18.2 Å². The number of amides is 1. The second-order valence-electron chi connectivity index (χ2n) is 3.91. The molecule has 1 atom stereocenters. The second kappa shape index (κ2) is 5.62. The van der Waals surface area contributed by atoms with E-state index in [2.05, 4.69) is 5.32 Å². The maximum absolute atomic E-state index is 12.9. The molecule has 0 aliphatic carbocycles. The molecule has 100 valence electrons. The van der Waals surface area contributed by atoms with Crippen molar-refractivity contribution in [2.24, 2.45) is 0 Å². The highest BCUT2D eigenvalue weighted by molar-refractivity contribution is 5.94. The predicted molar refractivity (Wildman–Crippen MR) is 62.4 cm³/mol. The Hall–Kier alpha value is -2.21. The first kappa shape index (κ1) is 13.2. The molecule has 19 heavy (non-hydrogen) atoms. The quantitative estimate of drug-likeness (QED) is 0.890. The number of aliphatic hydroxyl groups excluding tert-OH is 1. The summed E-state index contributed by atoms with van der Waals surface area (Å²) in [5, 5.41) is 12.1. The Bertz CT molecular complexity index is 569. The fraction of sp³-hybridized carbons (Fsp3) is 0.154. The highest BCUT2D eigenvalue weighted by Gasteiger charge is 2.13. The van der Waals surface area contributed by atoms with Gasteiger partial charge < -0.3 is 14.8 Å². The fourth-order valence-corrected chi connectivity index (χ4v) is 1.51. The zero-order chi connectivity index (χ0) is 13.8. The van der Waals surface area contributed by atoms with Crippen LogP contribution >= 0.6 is 0 Å². The van der Waals surface area contributed by atoms with Gasteiger partial charge >= 0.3 is 0 Å². The Morgan fingerprint density at radius 2 is 2.11 bits per heavy atom. The number of carbonyl (C=O) groups is 1. The van der Waals surface area contributed by atoms with Gasteiger partial charge in [-0.2, -0.15) is 0 Å². The number of furan rings is 1. The molecule has 0 unspecified atom stereocenters. The predicted octanol–water partition coefficient (Wildman–Crippen LogP) is 2.02. The van der Waals surface area contributed by atoms with Crippen LogP contribution in [0.15, 0.2) is 41.2 Å². The van der Waals surface area contributed by atoms with E-state index >= 15 is 0 Å². The Morgan fingerprint density at radius 3 is 2.74 bits per heavy atom. The van der Waals surface area contributed by atoms with Gasteiger partial charge in [0.15, 0.2) is 11.6 Å². The minimum absolute atomic E-state index is 0.0155. The molecule has 2 N–H and O–H groups in total. The Kier molecular flexibility index (Phi) is 3.91. The van der Waals surface area contributed by atoms with Crippen molar-refractivity contribution in [2.75, 3.05) is 6.54 Å². The van der Waals surface area contributed by atoms with Crippen molar-refractivity contribution < 1.29 is 23.1 Å². The zero-order valence-electron chi connectivity index (χ0n) is 9.77. The van der Waals surface area contributed by atoms with Gasteiger partial charge in [-0.15, -0.1) is 0 Å². The molecule has 0 fully saturated rings. The summed E-state index contributed by atoms with van der Waals surface area (Å²) in [7, 11) is 0. The van der Waals surface area contributed by atoms with E-state index in [1.165, 1.54) is 12.5 Å². The van der Waals surface area contributed by atoms with Crippen LogP contribution in [-0.2, 0) is 0 Å². The van der Waals surface area contributed by atoms with E-state index in [9.17, 15) is 18.7 Å². The molecule has 0 aliphatic rings. The topological polar surface area (TPSA) is 62.5 Å². The molecule has 2 aromatic rings. The van der Waals surface area contributed by atoms with Crippen LogP contribution in [0.5, 0.6) is 0 Å². The summed E-state index contributed by atoms with van der Waals surface area (Å²) in [5.41, 5.74) is 0.504. The van der Waals surface area contributed by atoms with Crippen molar-refractivity contribution in [1.29, 1.82) is 0 Å². The molecule has 0 bridgehead atoms. The first-order valence-corrected chi connectivity index (χ1v) is 5.51. The molecule has 0 spiro atoms. The summed E-state index contributed by atoms with van der Waals surface area (Å²) in [6, 6.07) is 4.40. The molecule has 0 radical (unpaired) electrons. The monoisotopic (exact) mass is 267 g/mol. The Morgan fingerprint density at radius 1 is 1.32 bits per heavy atom. The number of hydrogen-bond acceptors (Lipinski definition) is 3. The van der Waals surface area contributed by atoms with Crippen LogP contribution in [0.25, 0.3) is 0 Å². The van der Waals surface area contributed by atoms with Crippen LogP contribution in [0, 0.1) is 11.6 Å². The van der Waals surface area contributed by atoms with Crippen LogP contribution in [0.3, 0.4) is 0 Å². The van der Waals surface area contributed by atoms with Crippen LogP contribution < -0.4 is 5.32 Å². The molecule has 1 heterocycles. The Balaban J connectivity index is 1.96. The zero-order valence-corrected chi connectivity index (χ0v) is 9.77. The summed E-state index contributed by atoms with van der Waals surface area (Å²) < 4.78 is 30.4. The summed E-state index contributed by atoms with van der Waals surface area (Å²) in [4.78, 5) is 11.6. The normalized spacial score (nSPS) is 12.2. The van der Waals surface area contributed by atoms with Crippen LogP contribution in [0.4, 0.5) is 8.78 Å². The summed E-state index contributed by atoms with van der Waals surface area (Å²) in [5.74, 6) is -2.71. The minimum Gasteiger partial charge on any atom is -0.472 e. The second-order valence-corrected chi connectivity index (χ2v) is 3.91. The van der Waals surface area contributed by atoms with Gasteiger partial charge in [0.05, 0.1) is 18.6 Å². The van der Waals surface area contributed by atoms with Crippen molar-refractivity contribution in [3.63, 3.8) is 0 Å². The third-order valence-electron chi connectivity index (χ3n) is 2.57. The maximum atomic E-state index is 12.9. The van der Waals surface area contributed by atoms with Gasteiger partial charge in [0.25, 0.3) is 5.91 Å². The molecule has 2 rings (SSSR count). The summed E-state index contributed by atoms with van der Waals surface area (Å²) in [6.45, 7) is -0.0582. The molecule has 4 nitrogen and oxygen atoms in total. The largest absolute Gasteiger partial charge is 0.472 e. The smallest absolute Gasteiger partial charge is 0.251 e. The first-order chi connectivity index (χ1) is 9.08. The van der Waals surface area contributed by atoms with Crippen molar-refractivity contribution in [2.45, 2.75) is 6.10 Å². The minimum atomic E-state index is -1.09. The first-order valence-electron chi connectivity index (χ1n) is 5.51. The number of halogens is 2. The van der Waals surface area contributed by atoms with E-state index in [1.807, 2.05) is 0 Å². The Labute approximate surface area is 107 Å². The van der Waals surface area contributed by atoms with Crippen molar-refractivity contribution >= 4 is 5.91 Å². The number of hydrogen-bond donors (Lipinski definition) is 2. The third kappa shape index (κ3) is 3.17. The molecule has 0 saturated heterocycles. The van der Waals surface area contributed by atoms with E-state index in [0.29, 0.717) is 5.56 Å². The number of aliphatic hydroxyl groups is 1. The lowest BCUT2D eigenvalue weighted by Crippen LogP contribution is -2.28. The number of carbonyl (C=O) groups excluding carboxylic acids is 1. The lowest BCUT2D eigenvalue weighted by molar-refractivity contribution is 0.0915. The van der Waals surface area contributed by atoms with E-state index in [-0.39, 0.29) is 12.1 Å². The summed E-state index contributed by atoms with van der Waals surface area (Å²) >= 11 is 0. The fourth-order valence-electron chi connectivity index (χ4n) is 1.51. The van der Waals surface area contributed by atoms with Gasteiger partial charge in [0.1, 0.15) is 0 Å². The standard InChI is InChI=1S/C13H11F2NO3/c14-10-2-1-8(5-11(10)15)13(18)16-6-12(17)9-3-4-19-7-9/h1-5,7,12,17H,6H2,(H,16,18)/t12-/m0/s1. The number of benzene rings is 1. The highest BCUT2D eigenvalue weighted by atomic mass is 19.2. The third-order valence-corrected chi connectivity index (χ3v) is 2.57. The van der Waals surface area contributed by atoms with Gasteiger partial charge in [-0.05, 0) is 24.3 Å². The van der Waals surface area contributed by atoms with Gasteiger partial charge in [-0.1, -0.05) is 0 Å². The molecular formula is C13H11F2NO3. The lowest BCUT2D eigenvalue weighted by Gasteiger charge is -2.10. The van der Waals surface area contributed by atoms with Gasteiger partial charge in [0, 0.05) is 17.7 Å². The number of rotatable bonds is 4. The molecule has 0 aliphatic heterocycles. The van der Waals surface area contributed by atoms with Gasteiger partial charge in [0.2, 0.25) is 0 Å². The lowest BCUT2D eigenvalue weighted by atomic mass is 10.1. The van der Waals surface area contributed by atoms with Gasteiger partial charge in [-0.3, -0.25) is 4.79 Å². The van der Waals surface area contributed by atoms with E-state index in [4.69, 9.17) is 4.42 Å². The summed E-state index contributed by atoms with van der Waals surface area (Å²) in [6.07, 6.45) is 1.83.